The first-order valence-electron chi connectivity index (χ1n) is 6.13. The number of carboxylic acid groups (broad SMARTS) is 1. The summed E-state index contributed by atoms with van der Waals surface area (Å²) in [5.74, 6) is -1.59. The first-order valence-corrected chi connectivity index (χ1v) is 6.13. The second-order valence-electron chi connectivity index (χ2n) is 4.33. The highest BCUT2D eigenvalue weighted by Crippen LogP contribution is 2.16. The van der Waals surface area contributed by atoms with Gasteiger partial charge in [-0.25, -0.2) is 0 Å². The number of ether oxygens (including phenoxy) is 1. The lowest BCUT2D eigenvalue weighted by Gasteiger charge is -2.11. The highest BCUT2D eigenvalue weighted by molar-refractivity contribution is 5.71. The fraction of sp³-hybridized carbons (Fsp3) is 0.800. The van der Waals surface area contributed by atoms with Crippen LogP contribution in [-0.2, 0) is 14.3 Å². The van der Waals surface area contributed by atoms with Crippen molar-refractivity contribution in [2.45, 2.75) is 33.0 Å². The van der Waals surface area contributed by atoms with Crippen molar-refractivity contribution in [3.63, 3.8) is 0 Å². The summed E-state index contributed by atoms with van der Waals surface area (Å²) in [6.07, 6.45) is 0.0593. The van der Waals surface area contributed by atoms with Gasteiger partial charge in [0.05, 0.1) is 12.5 Å². The average Bonchev–Trinajstić information content (AvgIpc) is 2.92. The van der Waals surface area contributed by atoms with E-state index in [0.29, 0.717) is 19.5 Å². The lowest BCUT2D eigenvalue weighted by molar-refractivity contribution is -0.181. The summed E-state index contributed by atoms with van der Waals surface area (Å²) >= 11 is 0. The summed E-state index contributed by atoms with van der Waals surface area (Å²) in [4.78, 5) is 28.3. The van der Waals surface area contributed by atoms with Crippen LogP contribution in [-0.4, -0.2) is 46.4 Å². The lowest BCUT2D eigenvalue weighted by atomic mass is 10.1. The van der Waals surface area contributed by atoms with Gasteiger partial charge in [-0.15, -0.1) is 0 Å². The van der Waals surface area contributed by atoms with Crippen molar-refractivity contribution >= 4 is 11.9 Å². The molecule has 9 heteroatoms. The minimum absolute atomic E-state index is 0.269. The third kappa shape index (κ3) is 3.24. The van der Waals surface area contributed by atoms with Crippen molar-refractivity contribution < 1.29 is 28.9 Å². The number of carbonyl (C=O) groups excluding carboxylic acids is 1. The van der Waals surface area contributed by atoms with E-state index in [4.69, 9.17) is 19.3 Å². The molecule has 1 N–H and O–H groups in total. The summed E-state index contributed by atoms with van der Waals surface area (Å²) in [7, 11) is 0. The molecule has 0 bridgehead atoms. The molecule has 0 saturated carbocycles. The van der Waals surface area contributed by atoms with E-state index in [1.54, 1.807) is 18.9 Å². The number of esters is 1. The van der Waals surface area contributed by atoms with Crippen molar-refractivity contribution in [1.82, 2.24) is 9.98 Å². The van der Waals surface area contributed by atoms with E-state index >= 15 is 0 Å². The molecule has 1 aliphatic heterocycles. The molecule has 0 radical (unpaired) electrons. The van der Waals surface area contributed by atoms with Crippen molar-refractivity contribution in [1.29, 1.82) is 0 Å². The fourth-order valence-electron chi connectivity index (χ4n) is 1.78. The van der Waals surface area contributed by atoms with Gasteiger partial charge in [-0.2, -0.15) is 4.63 Å². The van der Waals surface area contributed by atoms with Crippen LogP contribution in [0, 0.1) is 5.92 Å². The summed E-state index contributed by atoms with van der Waals surface area (Å²) in [6.45, 7) is 4.18. The Hall–Kier alpha value is -2.06. The number of hydrogen-bond donors (Lipinski definition) is 1. The maximum Gasteiger partial charge on any atom is 0.308 e. The molecule has 108 valence electrons. The van der Waals surface area contributed by atoms with E-state index in [1.807, 2.05) is 0 Å². The Morgan fingerprint density at radius 2 is 2.26 bits per heavy atom. The standard InChI is InChI=1S/C10H17N3O6/c1-3-9(14)17-7(2)18-13-12(19-13)11-5-4-8(6-11)10(15)16/h7-8H,3-6H2,1-2H3,(H,15,16). The summed E-state index contributed by atoms with van der Waals surface area (Å²) in [6, 6.07) is 0. The fourth-order valence-corrected chi connectivity index (χ4v) is 1.78. The van der Waals surface area contributed by atoms with Gasteiger partial charge >= 0.3 is 11.9 Å². The highest BCUT2D eigenvalue weighted by Gasteiger charge is 2.34. The van der Waals surface area contributed by atoms with Crippen LogP contribution in [0.4, 0.5) is 0 Å². The minimum Gasteiger partial charge on any atom is -0.481 e. The molecule has 0 spiro atoms. The van der Waals surface area contributed by atoms with Gasteiger partial charge in [-0.3, -0.25) is 14.6 Å². The van der Waals surface area contributed by atoms with Crippen molar-refractivity contribution in [3.05, 3.63) is 0 Å². The summed E-state index contributed by atoms with van der Waals surface area (Å²) < 4.78 is 9.90. The third-order valence-corrected chi connectivity index (χ3v) is 2.84. The normalized spacial score (nSPS) is 20.5. The molecule has 19 heavy (non-hydrogen) atoms. The van der Waals surface area contributed by atoms with E-state index < -0.39 is 18.2 Å². The molecule has 0 aromatic carbocycles. The topological polar surface area (TPSA) is 99.1 Å². The van der Waals surface area contributed by atoms with Gasteiger partial charge in [0, 0.05) is 24.9 Å². The van der Waals surface area contributed by atoms with Crippen LogP contribution >= 0.6 is 0 Å². The molecule has 9 nitrogen and oxygen atoms in total. The van der Waals surface area contributed by atoms with E-state index in [-0.39, 0.29) is 12.4 Å². The first kappa shape index (κ1) is 13.4. The maximum atomic E-state index is 11.0. The van der Waals surface area contributed by atoms with Gasteiger partial charge in [0.15, 0.2) is 0 Å². The highest BCUT2D eigenvalue weighted by atomic mass is 17.0. The van der Waals surface area contributed by atoms with Crippen LogP contribution in [0.25, 0.3) is 0 Å². The second kappa shape index (κ2) is 5.29. The Kier molecular flexibility index (Phi) is 3.72. The zero-order valence-electron chi connectivity index (χ0n) is 10.8. The van der Waals surface area contributed by atoms with E-state index in [1.165, 1.54) is 4.96 Å². The van der Waals surface area contributed by atoms with Crippen LogP contribution in [0.3, 0.4) is 0 Å². The molecule has 0 aliphatic carbocycles. The predicted octanol–water partition coefficient (Wildman–Crippen LogP) is -0.347. The van der Waals surface area contributed by atoms with Crippen LogP contribution in [0.1, 0.15) is 26.7 Å². The molecule has 1 aliphatic rings. The number of carbonyl (C=O) groups is 2. The van der Waals surface area contributed by atoms with Crippen LogP contribution in [0.2, 0.25) is 0 Å². The van der Waals surface area contributed by atoms with Gasteiger partial charge in [0.25, 0.3) is 6.29 Å². The van der Waals surface area contributed by atoms with Gasteiger partial charge in [0.2, 0.25) is 0 Å². The Labute approximate surface area is 109 Å². The molecule has 0 amide bonds. The SMILES string of the molecule is CCC(=O)OC(C)On1on1N1CCC(C(=O)O)C1. The number of aliphatic carboxylic acids is 1. The molecule has 2 atom stereocenters. The molecule has 1 aromatic heterocycles. The maximum absolute atomic E-state index is 11.0. The monoisotopic (exact) mass is 275 g/mol. The van der Waals surface area contributed by atoms with Crippen LogP contribution < -0.4 is 9.85 Å². The van der Waals surface area contributed by atoms with Crippen LogP contribution in [0.5, 0.6) is 0 Å². The Morgan fingerprint density at radius 3 is 2.84 bits per heavy atom. The van der Waals surface area contributed by atoms with Gasteiger partial charge in [0.1, 0.15) is 5.02 Å². The molecule has 1 aromatic rings. The smallest absolute Gasteiger partial charge is 0.308 e. The molecule has 2 unspecified atom stereocenters. The Morgan fingerprint density at radius 1 is 1.53 bits per heavy atom. The number of carboxylic acids is 1. The predicted molar refractivity (Wildman–Crippen MR) is 60.8 cm³/mol. The largest absolute Gasteiger partial charge is 0.481 e. The van der Waals surface area contributed by atoms with Crippen molar-refractivity contribution in [2.75, 3.05) is 18.1 Å². The number of rotatable bonds is 6. The van der Waals surface area contributed by atoms with E-state index in [0.717, 1.165) is 5.02 Å². The zero-order valence-corrected chi connectivity index (χ0v) is 10.8. The van der Waals surface area contributed by atoms with Gasteiger partial charge in [-0.1, -0.05) is 6.92 Å². The molecule has 2 heterocycles. The van der Waals surface area contributed by atoms with Gasteiger partial charge < -0.3 is 14.7 Å². The number of hydrogen-bond acceptors (Lipinski definition) is 6. The molecule has 1 saturated heterocycles. The third-order valence-electron chi connectivity index (χ3n) is 2.84. The zero-order chi connectivity index (χ0) is 14.0. The van der Waals surface area contributed by atoms with Crippen molar-refractivity contribution in [2.24, 2.45) is 5.92 Å². The number of nitrogens with zero attached hydrogens (tertiary/aromatic N) is 3. The molecular formula is C10H17N3O6. The quantitative estimate of drug-likeness (QED) is 0.559. The van der Waals surface area contributed by atoms with Gasteiger partial charge in [-0.05, 0) is 6.42 Å². The number of aromatic nitrogens is 2. The Bertz CT molecular complexity index is 447. The average molecular weight is 275 g/mol. The lowest BCUT2D eigenvalue weighted by Crippen LogP contribution is -2.33. The van der Waals surface area contributed by atoms with Crippen LogP contribution in [0.15, 0.2) is 4.63 Å². The second-order valence-corrected chi connectivity index (χ2v) is 4.33. The van der Waals surface area contributed by atoms with Crippen molar-refractivity contribution in [3.8, 4) is 0 Å². The molecule has 1 fully saturated rings. The Balaban J connectivity index is 1.78. The summed E-state index contributed by atoms with van der Waals surface area (Å²) in [5.41, 5.74) is 0. The summed E-state index contributed by atoms with van der Waals surface area (Å²) in [5, 5.41) is 11.6. The van der Waals surface area contributed by atoms with E-state index in [2.05, 4.69) is 0 Å². The molecular weight excluding hydrogens is 258 g/mol. The first-order chi connectivity index (χ1) is 9.01. The molecule has 2 rings (SSSR count). The van der Waals surface area contributed by atoms with E-state index in [9.17, 15) is 9.59 Å². The minimum atomic E-state index is -0.818.